The fraction of sp³-hybridized carbons (Fsp3) is 0.143. The number of benzene rings is 1. The summed E-state index contributed by atoms with van der Waals surface area (Å²) in [4.78, 5) is 0. The Bertz CT molecular complexity index is 235. The fourth-order valence-corrected chi connectivity index (χ4v) is 0.689. The Morgan fingerprint density at radius 2 is 2.40 bits per heavy atom. The predicted octanol–water partition coefficient (Wildman–Crippen LogP) is 1.25. The molecule has 10 heavy (non-hydrogen) atoms. The van der Waals surface area contributed by atoms with Gasteiger partial charge in [-0.2, -0.15) is 0 Å². The highest BCUT2D eigenvalue weighted by Crippen LogP contribution is 2.16. The highest BCUT2D eigenvalue weighted by Gasteiger charge is 1.96. The highest BCUT2D eigenvalue weighted by molar-refractivity contribution is 5.64. The molecule has 3 N–H and O–H groups in total. The molecule has 0 amide bonds. The van der Waals surface area contributed by atoms with E-state index in [9.17, 15) is 4.39 Å². The summed E-state index contributed by atoms with van der Waals surface area (Å²) < 4.78 is 12.4. The molecule has 2 nitrogen and oxygen atoms in total. The van der Waals surface area contributed by atoms with Crippen molar-refractivity contribution >= 4 is 11.4 Å². The van der Waals surface area contributed by atoms with Gasteiger partial charge in [-0.05, 0) is 12.1 Å². The standard InChI is InChI=1S/C7H8FN2/c1-10-7-4-5(8)2-3-6(7)9/h2,4,10H,9H2,1H3. The molecule has 53 valence electrons. The van der Waals surface area contributed by atoms with Crippen molar-refractivity contribution in [3.8, 4) is 0 Å². The van der Waals surface area contributed by atoms with Crippen LogP contribution in [0.2, 0.25) is 0 Å². The molecule has 3 heteroatoms. The van der Waals surface area contributed by atoms with Gasteiger partial charge in [-0.15, -0.1) is 0 Å². The number of rotatable bonds is 1. The number of halogens is 1. The molecule has 1 radical (unpaired) electrons. The third-order valence-corrected chi connectivity index (χ3v) is 1.21. The maximum atomic E-state index is 12.4. The lowest BCUT2D eigenvalue weighted by atomic mass is 10.2. The van der Waals surface area contributed by atoms with Gasteiger partial charge in [0.15, 0.2) is 0 Å². The summed E-state index contributed by atoms with van der Waals surface area (Å²) in [5.74, 6) is -0.335. The topological polar surface area (TPSA) is 38.0 Å². The molecule has 0 spiro atoms. The van der Waals surface area contributed by atoms with Crippen LogP contribution < -0.4 is 11.1 Å². The van der Waals surface area contributed by atoms with Crippen LogP contribution in [0.4, 0.5) is 15.8 Å². The Morgan fingerprint density at radius 3 is 2.90 bits per heavy atom. The van der Waals surface area contributed by atoms with Gasteiger partial charge in [0.2, 0.25) is 0 Å². The van der Waals surface area contributed by atoms with E-state index < -0.39 is 0 Å². The van der Waals surface area contributed by atoms with Crippen molar-refractivity contribution in [3.05, 3.63) is 24.0 Å². The van der Waals surface area contributed by atoms with E-state index in [0.29, 0.717) is 11.4 Å². The normalized spacial score (nSPS) is 9.40. The molecule has 0 saturated heterocycles. The fourth-order valence-electron chi connectivity index (χ4n) is 0.689. The SMILES string of the molecule is CNc1cc(F)c[c]c1N. The lowest BCUT2D eigenvalue weighted by molar-refractivity contribution is 0.628. The molecule has 0 aliphatic carbocycles. The van der Waals surface area contributed by atoms with Crippen LogP contribution in [0.25, 0.3) is 0 Å². The first kappa shape index (κ1) is 6.86. The lowest BCUT2D eigenvalue weighted by Gasteiger charge is -2.02. The van der Waals surface area contributed by atoms with Gasteiger partial charge in [0.05, 0.1) is 11.4 Å². The van der Waals surface area contributed by atoms with E-state index in [2.05, 4.69) is 11.4 Å². The molecule has 1 rings (SSSR count). The Morgan fingerprint density at radius 1 is 1.70 bits per heavy atom. The number of nitrogens with two attached hydrogens (primary N) is 1. The molecular weight excluding hydrogens is 131 g/mol. The molecular formula is C7H8FN2. The quantitative estimate of drug-likeness (QED) is 0.574. The van der Waals surface area contributed by atoms with Crippen LogP contribution in [-0.4, -0.2) is 7.05 Å². The molecule has 0 aliphatic rings. The lowest BCUT2D eigenvalue weighted by Crippen LogP contribution is -1.95. The van der Waals surface area contributed by atoms with Crippen molar-refractivity contribution in [3.63, 3.8) is 0 Å². The van der Waals surface area contributed by atoms with E-state index >= 15 is 0 Å². The summed E-state index contributed by atoms with van der Waals surface area (Å²) >= 11 is 0. The second-order valence-electron chi connectivity index (χ2n) is 1.90. The summed E-state index contributed by atoms with van der Waals surface area (Å²) in [6, 6.07) is 5.09. The van der Waals surface area contributed by atoms with E-state index in [4.69, 9.17) is 5.73 Å². The van der Waals surface area contributed by atoms with E-state index in [1.165, 1.54) is 12.1 Å². The van der Waals surface area contributed by atoms with Crippen molar-refractivity contribution < 1.29 is 4.39 Å². The molecule has 1 aromatic rings. The van der Waals surface area contributed by atoms with Crippen molar-refractivity contribution in [2.24, 2.45) is 0 Å². The highest BCUT2D eigenvalue weighted by atomic mass is 19.1. The number of hydrogen-bond donors (Lipinski definition) is 2. The van der Waals surface area contributed by atoms with Crippen molar-refractivity contribution in [1.29, 1.82) is 0 Å². The average Bonchev–Trinajstić information content (AvgIpc) is 1.94. The molecule has 0 saturated carbocycles. The van der Waals surface area contributed by atoms with E-state index in [0.717, 1.165) is 0 Å². The number of anilines is 2. The average molecular weight is 139 g/mol. The van der Waals surface area contributed by atoms with Gasteiger partial charge in [-0.25, -0.2) is 4.39 Å². The second kappa shape index (κ2) is 2.56. The van der Waals surface area contributed by atoms with Crippen LogP contribution in [0.1, 0.15) is 0 Å². The first-order valence-electron chi connectivity index (χ1n) is 2.88. The van der Waals surface area contributed by atoms with E-state index in [-0.39, 0.29) is 5.82 Å². The van der Waals surface area contributed by atoms with Gasteiger partial charge in [-0.3, -0.25) is 0 Å². The minimum absolute atomic E-state index is 0.335. The number of hydrogen-bond acceptors (Lipinski definition) is 2. The largest absolute Gasteiger partial charge is 0.397 e. The molecule has 0 aromatic heterocycles. The first-order chi connectivity index (χ1) is 4.74. The Kier molecular flexibility index (Phi) is 1.76. The summed E-state index contributed by atoms with van der Waals surface area (Å²) in [5.41, 5.74) is 6.42. The van der Waals surface area contributed by atoms with Crippen LogP contribution in [0.5, 0.6) is 0 Å². The van der Waals surface area contributed by atoms with Crippen molar-refractivity contribution in [2.45, 2.75) is 0 Å². The molecule has 0 fully saturated rings. The Balaban J connectivity index is 3.09. The zero-order valence-electron chi connectivity index (χ0n) is 5.61. The second-order valence-corrected chi connectivity index (χ2v) is 1.90. The smallest absolute Gasteiger partial charge is 0.126 e. The summed E-state index contributed by atoms with van der Waals surface area (Å²) in [7, 11) is 1.68. The van der Waals surface area contributed by atoms with Crippen LogP contribution in [0.3, 0.4) is 0 Å². The maximum absolute atomic E-state index is 12.4. The van der Waals surface area contributed by atoms with Gasteiger partial charge in [0, 0.05) is 13.1 Å². The predicted molar refractivity (Wildman–Crippen MR) is 39.2 cm³/mol. The number of nitrogen functional groups attached to an aromatic ring is 1. The van der Waals surface area contributed by atoms with Gasteiger partial charge < -0.3 is 11.1 Å². The van der Waals surface area contributed by atoms with E-state index in [1.54, 1.807) is 7.05 Å². The first-order valence-corrected chi connectivity index (χ1v) is 2.88. The minimum atomic E-state index is -0.335. The number of nitrogens with one attached hydrogen (secondary N) is 1. The minimum Gasteiger partial charge on any atom is -0.397 e. The van der Waals surface area contributed by atoms with Crippen LogP contribution in [-0.2, 0) is 0 Å². The molecule has 0 unspecified atom stereocenters. The maximum Gasteiger partial charge on any atom is 0.126 e. The summed E-state index contributed by atoms with van der Waals surface area (Å²) in [6.07, 6.45) is 0. The monoisotopic (exact) mass is 139 g/mol. The molecule has 0 atom stereocenters. The van der Waals surface area contributed by atoms with Gasteiger partial charge in [-0.1, -0.05) is 0 Å². The third-order valence-electron chi connectivity index (χ3n) is 1.21. The van der Waals surface area contributed by atoms with Crippen molar-refractivity contribution in [2.75, 3.05) is 18.1 Å². The molecule has 0 aliphatic heterocycles. The zero-order valence-corrected chi connectivity index (χ0v) is 5.61. The van der Waals surface area contributed by atoms with Gasteiger partial charge in [0.25, 0.3) is 0 Å². The van der Waals surface area contributed by atoms with Crippen LogP contribution >= 0.6 is 0 Å². The molecule has 0 heterocycles. The van der Waals surface area contributed by atoms with Crippen LogP contribution in [0.15, 0.2) is 12.1 Å². The molecule has 0 bridgehead atoms. The van der Waals surface area contributed by atoms with Gasteiger partial charge in [0.1, 0.15) is 5.82 Å². The van der Waals surface area contributed by atoms with Crippen LogP contribution in [0, 0.1) is 11.9 Å². The zero-order chi connectivity index (χ0) is 7.56. The van der Waals surface area contributed by atoms with Crippen molar-refractivity contribution in [1.82, 2.24) is 0 Å². The van der Waals surface area contributed by atoms with E-state index in [1.807, 2.05) is 0 Å². The Labute approximate surface area is 58.9 Å². The Hall–Kier alpha value is -1.25. The third kappa shape index (κ3) is 1.18. The summed E-state index contributed by atoms with van der Waals surface area (Å²) in [5, 5.41) is 2.74. The summed E-state index contributed by atoms with van der Waals surface area (Å²) in [6.45, 7) is 0. The molecule has 1 aromatic carbocycles. The van der Waals surface area contributed by atoms with Gasteiger partial charge >= 0.3 is 0 Å².